The van der Waals surface area contributed by atoms with E-state index in [2.05, 4.69) is 29.5 Å². The van der Waals surface area contributed by atoms with Gasteiger partial charge >= 0.3 is 0 Å². The highest BCUT2D eigenvalue weighted by molar-refractivity contribution is 5.83. The highest BCUT2D eigenvalue weighted by Gasteiger charge is 2.10. The summed E-state index contributed by atoms with van der Waals surface area (Å²) in [7, 11) is 0. The summed E-state index contributed by atoms with van der Waals surface area (Å²) in [5.41, 5.74) is 2.72. The molecule has 0 aliphatic rings. The lowest BCUT2D eigenvalue weighted by atomic mass is 10.2. The minimum atomic E-state index is 0.547. The van der Waals surface area contributed by atoms with Crippen molar-refractivity contribution >= 4 is 11.0 Å². The van der Waals surface area contributed by atoms with E-state index in [1.54, 1.807) is 0 Å². The number of rotatable bonds is 2. The smallest absolute Gasteiger partial charge is 0.141 e. The van der Waals surface area contributed by atoms with E-state index < -0.39 is 0 Å². The SMILES string of the molecule is Cc1cnc2c(c1)c(C#N)cn2CC(C)C. The Labute approximate surface area is 95.3 Å². The van der Waals surface area contributed by atoms with Crippen LogP contribution in [0.2, 0.25) is 0 Å². The quantitative estimate of drug-likeness (QED) is 0.769. The molecule has 0 amide bonds. The van der Waals surface area contributed by atoms with Crippen LogP contribution in [0.5, 0.6) is 0 Å². The molecule has 3 heteroatoms. The molecule has 0 aromatic carbocycles. The van der Waals surface area contributed by atoms with Crippen LogP contribution in [0.3, 0.4) is 0 Å². The van der Waals surface area contributed by atoms with E-state index in [9.17, 15) is 0 Å². The maximum atomic E-state index is 9.08. The van der Waals surface area contributed by atoms with Crippen LogP contribution in [0.4, 0.5) is 0 Å². The first-order valence-electron chi connectivity index (χ1n) is 5.47. The Morgan fingerprint density at radius 1 is 1.50 bits per heavy atom. The van der Waals surface area contributed by atoms with E-state index in [-0.39, 0.29) is 0 Å². The second-order valence-corrected chi connectivity index (χ2v) is 4.58. The molecule has 82 valence electrons. The van der Waals surface area contributed by atoms with Crippen LogP contribution in [-0.2, 0) is 6.54 Å². The second kappa shape index (κ2) is 3.97. The first-order chi connectivity index (χ1) is 7.61. The van der Waals surface area contributed by atoms with Crippen molar-refractivity contribution in [2.75, 3.05) is 0 Å². The Morgan fingerprint density at radius 3 is 2.88 bits per heavy atom. The fraction of sp³-hybridized carbons (Fsp3) is 0.385. The number of nitriles is 1. The van der Waals surface area contributed by atoms with E-state index in [0.29, 0.717) is 11.5 Å². The molecule has 0 atom stereocenters. The van der Waals surface area contributed by atoms with Crippen molar-refractivity contribution in [2.45, 2.75) is 27.3 Å². The van der Waals surface area contributed by atoms with Crippen LogP contribution in [0.25, 0.3) is 11.0 Å². The normalized spacial score (nSPS) is 10.9. The third kappa shape index (κ3) is 1.79. The first kappa shape index (κ1) is 10.7. The summed E-state index contributed by atoms with van der Waals surface area (Å²) >= 11 is 0. The van der Waals surface area contributed by atoms with Crippen molar-refractivity contribution in [1.29, 1.82) is 5.26 Å². The van der Waals surface area contributed by atoms with Crippen LogP contribution in [-0.4, -0.2) is 9.55 Å². The van der Waals surface area contributed by atoms with Gasteiger partial charge in [-0.3, -0.25) is 0 Å². The van der Waals surface area contributed by atoms with Crippen LogP contribution < -0.4 is 0 Å². The van der Waals surface area contributed by atoms with Gasteiger partial charge in [-0.05, 0) is 24.5 Å². The number of fused-ring (bicyclic) bond motifs is 1. The average Bonchev–Trinajstić information content (AvgIpc) is 2.55. The number of nitrogens with zero attached hydrogens (tertiary/aromatic N) is 3. The zero-order valence-electron chi connectivity index (χ0n) is 9.86. The maximum absolute atomic E-state index is 9.08. The van der Waals surface area contributed by atoms with Gasteiger partial charge in [0, 0.05) is 24.3 Å². The Balaban J connectivity index is 2.64. The van der Waals surface area contributed by atoms with Crippen LogP contribution in [0, 0.1) is 24.2 Å². The molecule has 0 fully saturated rings. The molecule has 0 aliphatic heterocycles. The molecule has 0 radical (unpaired) electrons. The van der Waals surface area contributed by atoms with Gasteiger partial charge in [-0.2, -0.15) is 5.26 Å². The number of aromatic nitrogens is 2. The van der Waals surface area contributed by atoms with Gasteiger partial charge in [0.25, 0.3) is 0 Å². The molecule has 2 heterocycles. The summed E-state index contributed by atoms with van der Waals surface area (Å²) in [5, 5.41) is 10.0. The molecule has 0 spiro atoms. The predicted octanol–water partition coefficient (Wildman–Crippen LogP) is 2.87. The monoisotopic (exact) mass is 213 g/mol. The maximum Gasteiger partial charge on any atom is 0.141 e. The predicted molar refractivity (Wildman–Crippen MR) is 64.0 cm³/mol. The van der Waals surface area contributed by atoms with E-state index in [0.717, 1.165) is 23.1 Å². The summed E-state index contributed by atoms with van der Waals surface area (Å²) in [6.07, 6.45) is 3.75. The standard InChI is InChI=1S/C13H15N3/c1-9(2)7-16-8-11(5-14)12-4-10(3)6-15-13(12)16/h4,6,8-9H,7H2,1-3H3. The van der Waals surface area contributed by atoms with E-state index in [4.69, 9.17) is 5.26 Å². The molecule has 2 rings (SSSR count). The minimum Gasteiger partial charge on any atom is -0.331 e. The summed E-state index contributed by atoms with van der Waals surface area (Å²) in [6, 6.07) is 4.26. The van der Waals surface area contributed by atoms with Gasteiger partial charge in [0.2, 0.25) is 0 Å². The van der Waals surface area contributed by atoms with Crippen molar-refractivity contribution < 1.29 is 0 Å². The van der Waals surface area contributed by atoms with E-state index >= 15 is 0 Å². The molecule has 0 N–H and O–H groups in total. The Hall–Kier alpha value is -1.82. The number of pyridine rings is 1. The second-order valence-electron chi connectivity index (χ2n) is 4.58. The molecule has 0 unspecified atom stereocenters. The summed E-state index contributed by atoms with van der Waals surface area (Å²) in [4.78, 5) is 4.41. The number of aryl methyl sites for hydroxylation is 1. The summed E-state index contributed by atoms with van der Waals surface area (Å²) in [6.45, 7) is 7.21. The zero-order valence-corrected chi connectivity index (χ0v) is 9.86. The van der Waals surface area contributed by atoms with Crippen LogP contribution in [0.1, 0.15) is 25.0 Å². The third-order valence-corrected chi connectivity index (χ3v) is 2.53. The summed E-state index contributed by atoms with van der Waals surface area (Å²) in [5.74, 6) is 0.547. The largest absolute Gasteiger partial charge is 0.331 e. The number of hydrogen-bond donors (Lipinski definition) is 0. The van der Waals surface area contributed by atoms with Gasteiger partial charge < -0.3 is 4.57 Å². The average molecular weight is 213 g/mol. The molecule has 0 saturated carbocycles. The molecule has 16 heavy (non-hydrogen) atoms. The Bertz CT molecular complexity index is 558. The molecule has 3 nitrogen and oxygen atoms in total. The first-order valence-corrected chi connectivity index (χ1v) is 5.47. The highest BCUT2D eigenvalue weighted by Crippen LogP contribution is 2.20. The molecule has 2 aromatic heterocycles. The molecule has 0 aliphatic carbocycles. The van der Waals surface area contributed by atoms with Gasteiger partial charge in [0.1, 0.15) is 11.7 Å². The topological polar surface area (TPSA) is 41.6 Å². The lowest BCUT2D eigenvalue weighted by Crippen LogP contribution is -2.03. The fourth-order valence-electron chi connectivity index (χ4n) is 1.90. The Morgan fingerprint density at radius 2 is 2.25 bits per heavy atom. The van der Waals surface area contributed by atoms with Gasteiger partial charge in [-0.25, -0.2) is 4.98 Å². The van der Waals surface area contributed by atoms with Gasteiger partial charge in [0.05, 0.1) is 5.56 Å². The van der Waals surface area contributed by atoms with Crippen molar-refractivity contribution in [2.24, 2.45) is 5.92 Å². The Kier molecular flexibility index (Phi) is 2.66. The highest BCUT2D eigenvalue weighted by atomic mass is 15.0. The summed E-state index contributed by atoms with van der Waals surface area (Å²) < 4.78 is 2.07. The zero-order chi connectivity index (χ0) is 11.7. The lowest BCUT2D eigenvalue weighted by molar-refractivity contribution is 0.533. The van der Waals surface area contributed by atoms with Gasteiger partial charge in [-0.15, -0.1) is 0 Å². The molecule has 0 saturated heterocycles. The van der Waals surface area contributed by atoms with E-state index in [1.807, 2.05) is 25.4 Å². The van der Waals surface area contributed by atoms with Crippen LogP contribution >= 0.6 is 0 Å². The van der Waals surface area contributed by atoms with Gasteiger partial charge in [0.15, 0.2) is 0 Å². The van der Waals surface area contributed by atoms with Crippen LogP contribution in [0.15, 0.2) is 18.5 Å². The lowest BCUT2D eigenvalue weighted by Gasteiger charge is -2.07. The van der Waals surface area contributed by atoms with Crippen molar-refractivity contribution in [3.63, 3.8) is 0 Å². The van der Waals surface area contributed by atoms with Crippen molar-refractivity contribution in [3.05, 3.63) is 29.6 Å². The third-order valence-electron chi connectivity index (χ3n) is 2.53. The molecule has 0 bridgehead atoms. The molecular formula is C13H15N3. The number of hydrogen-bond acceptors (Lipinski definition) is 2. The fourth-order valence-corrected chi connectivity index (χ4v) is 1.90. The molecular weight excluding hydrogens is 198 g/mol. The van der Waals surface area contributed by atoms with Crippen molar-refractivity contribution in [1.82, 2.24) is 9.55 Å². The van der Waals surface area contributed by atoms with E-state index in [1.165, 1.54) is 0 Å². The van der Waals surface area contributed by atoms with Crippen molar-refractivity contribution in [3.8, 4) is 6.07 Å². The van der Waals surface area contributed by atoms with Gasteiger partial charge in [-0.1, -0.05) is 13.8 Å². The molecule has 2 aromatic rings. The minimum absolute atomic E-state index is 0.547.